The van der Waals surface area contributed by atoms with Crippen molar-refractivity contribution in [1.82, 2.24) is 24.9 Å². The highest BCUT2D eigenvalue weighted by Crippen LogP contribution is 2.26. The molecule has 26 heavy (non-hydrogen) atoms. The Morgan fingerprint density at radius 3 is 2.85 bits per heavy atom. The number of hydrogen-bond acceptors (Lipinski definition) is 4. The maximum Gasteiger partial charge on any atom is 0.225 e. The molecule has 0 aliphatic carbocycles. The number of likely N-dealkylation sites (tertiary alicyclic amines) is 2. The van der Waals surface area contributed by atoms with Gasteiger partial charge in [-0.1, -0.05) is 12.1 Å². The molecule has 1 aromatic heterocycles. The summed E-state index contributed by atoms with van der Waals surface area (Å²) in [5, 5.41) is 6.91. The van der Waals surface area contributed by atoms with Gasteiger partial charge in [-0.15, -0.1) is 0 Å². The standard InChI is InChI=1S/C19H23N5O2/c1-20-19(26)15-9-18(25)23(11-15)17-12-22(13-17)10-14-4-2-5-16(8-14)24-7-3-6-21-24/h2-8,15,17H,9-13H2,1H3,(H,20,26). The highest BCUT2D eigenvalue weighted by atomic mass is 16.2. The van der Waals surface area contributed by atoms with Crippen LogP contribution in [0.4, 0.5) is 0 Å². The summed E-state index contributed by atoms with van der Waals surface area (Å²) >= 11 is 0. The molecule has 3 heterocycles. The van der Waals surface area contributed by atoms with Crippen LogP contribution in [0.25, 0.3) is 5.69 Å². The highest BCUT2D eigenvalue weighted by Gasteiger charge is 2.41. The zero-order valence-corrected chi connectivity index (χ0v) is 14.8. The van der Waals surface area contributed by atoms with Crippen molar-refractivity contribution >= 4 is 11.8 Å². The summed E-state index contributed by atoms with van der Waals surface area (Å²) in [6.45, 7) is 3.12. The Balaban J connectivity index is 1.33. The molecule has 1 aromatic carbocycles. The number of carbonyl (C=O) groups excluding carboxylic acids is 2. The monoisotopic (exact) mass is 353 g/mol. The molecule has 0 saturated carbocycles. The van der Waals surface area contributed by atoms with Crippen molar-refractivity contribution in [3.05, 3.63) is 48.3 Å². The third-order valence-electron chi connectivity index (χ3n) is 5.24. The topological polar surface area (TPSA) is 70.5 Å². The average molecular weight is 353 g/mol. The molecular weight excluding hydrogens is 330 g/mol. The third-order valence-corrected chi connectivity index (χ3v) is 5.24. The quantitative estimate of drug-likeness (QED) is 0.857. The van der Waals surface area contributed by atoms with Gasteiger partial charge in [-0.25, -0.2) is 4.68 Å². The Bertz CT molecular complexity index is 798. The molecule has 2 aliphatic rings. The Morgan fingerprint density at radius 2 is 2.12 bits per heavy atom. The SMILES string of the molecule is CNC(=O)C1CC(=O)N(C2CN(Cc3cccc(-n4cccn4)c3)C2)C1. The molecule has 2 saturated heterocycles. The second-order valence-corrected chi connectivity index (χ2v) is 7.03. The van der Waals surface area contributed by atoms with Crippen molar-refractivity contribution in [3.63, 3.8) is 0 Å². The number of hydrogen-bond donors (Lipinski definition) is 1. The van der Waals surface area contributed by atoms with E-state index in [2.05, 4.69) is 27.4 Å². The van der Waals surface area contributed by atoms with Crippen molar-refractivity contribution in [2.75, 3.05) is 26.7 Å². The smallest absolute Gasteiger partial charge is 0.225 e. The van der Waals surface area contributed by atoms with E-state index in [0.29, 0.717) is 13.0 Å². The largest absolute Gasteiger partial charge is 0.359 e. The van der Waals surface area contributed by atoms with Crippen LogP contribution in [0, 0.1) is 5.92 Å². The van der Waals surface area contributed by atoms with Gasteiger partial charge >= 0.3 is 0 Å². The van der Waals surface area contributed by atoms with E-state index in [4.69, 9.17) is 0 Å². The first kappa shape index (κ1) is 16.8. The van der Waals surface area contributed by atoms with E-state index in [1.807, 2.05) is 34.0 Å². The van der Waals surface area contributed by atoms with E-state index >= 15 is 0 Å². The maximum atomic E-state index is 12.2. The Kier molecular flexibility index (Phi) is 4.46. The lowest BCUT2D eigenvalue weighted by molar-refractivity contribution is -0.133. The number of amides is 2. The highest BCUT2D eigenvalue weighted by molar-refractivity contribution is 5.89. The number of rotatable bonds is 5. The number of benzene rings is 1. The van der Waals surface area contributed by atoms with Crippen LogP contribution in [0.3, 0.4) is 0 Å². The molecule has 7 heteroatoms. The van der Waals surface area contributed by atoms with E-state index < -0.39 is 0 Å². The van der Waals surface area contributed by atoms with E-state index in [-0.39, 0.29) is 23.8 Å². The lowest BCUT2D eigenvalue weighted by atomic mass is 10.1. The summed E-state index contributed by atoms with van der Waals surface area (Å²) in [4.78, 5) is 28.2. The summed E-state index contributed by atoms with van der Waals surface area (Å²) in [7, 11) is 1.62. The van der Waals surface area contributed by atoms with E-state index in [9.17, 15) is 9.59 Å². The van der Waals surface area contributed by atoms with Crippen molar-refractivity contribution in [2.24, 2.45) is 5.92 Å². The van der Waals surface area contributed by atoms with Crippen molar-refractivity contribution in [2.45, 2.75) is 19.0 Å². The molecule has 7 nitrogen and oxygen atoms in total. The van der Waals surface area contributed by atoms with Gasteiger partial charge in [0.2, 0.25) is 11.8 Å². The molecule has 1 unspecified atom stereocenters. The predicted octanol–water partition coefficient (Wildman–Crippen LogP) is 0.651. The number of aromatic nitrogens is 2. The van der Waals surface area contributed by atoms with Crippen LogP contribution in [0.15, 0.2) is 42.7 Å². The minimum Gasteiger partial charge on any atom is -0.359 e. The van der Waals surface area contributed by atoms with Crippen LogP contribution in [-0.2, 0) is 16.1 Å². The molecular formula is C19H23N5O2. The molecule has 4 rings (SSSR count). The molecule has 136 valence electrons. The lowest BCUT2D eigenvalue weighted by Crippen LogP contribution is -2.59. The van der Waals surface area contributed by atoms with Gasteiger partial charge in [0.15, 0.2) is 0 Å². The average Bonchev–Trinajstić information content (AvgIpc) is 3.27. The van der Waals surface area contributed by atoms with Crippen molar-refractivity contribution < 1.29 is 9.59 Å². The number of carbonyl (C=O) groups is 2. The first-order valence-electron chi connectivity index (χ1n) is 8.96. The minimum atomic E-state index is -0.202. The molecule has 2 fully saturated rings. The van der Waals surface area contributed by atoms with Crippen LogP contribution in [-0.4, -0.2) is 64.1 Å². The Morgan fingerprint density at radius 1 is 1.27 bits per heavy atom. The molecule has 0 spiro atoms. The van der Waals surface area contributed by atoms with Crippen LogP contribution in [0.2, 0.25) is 0 Å². The zero-order valence-electron chi connectivity index (χ0n) is 14.8. The lowest BCUT2D eigenvalue weighted by Gasteiger charge is -2.44. The van der Waals surface area contributed by atoms with E-state index in [1.54, 1.807) is 13.2 Å². The molecule has 0 radical (unpaired) electrons. The van der Waals surface area contributed by atoms with E-state index in [1.165, 1.54) is 5.56 Å². The molecule has 1 N–H and O–H groups in total. The van der Waals surface area contributed by atoms with Crippen molar-refractivity contribution in [1.29, 1.82) is 0 Å². The zero-order chi connectivity index (χ0) is 18.1. The van der Waals surface area contributed by atoms with Crippen LogP contribution < -0.4 is 5.32 Å². The van der Waals surface area contributed by atoms with Crippen molar-refractivity contribution in [3.8, 4) is 5.69 Å². The van der Waals surface area contributed by atoms with Gasteiger partial charge in [-0.2, -0.15) is 5.10 Å². The van der Waals surface area contributed by atoms with Gasteiger partial charge in [0.05, 0.1) is 17.6 Å². The fourth-order valence-electron chi connectivity index (χ4n) is 3.81. The van der Waals surface area contributed by atoms with Crippen LogP contribution >= 0.6 is 0 Å². The second kappa shape index (κ2) is 6.92. The Hall–Kier alpha value is -2.67. The normalized spacial score (nSPS) is 21.0. The number of nitrogens with zero attached hydrogens (tertiary/aromatic N) is 4. The predicted molar refractivity (Wildman–Crippen MR) is 96.5 cm³/mol. The fraction of sp³-hybridized carbons (Fsp3) is 0.421. The molecule has 0 bridgehead atoms. The number of nitrogens with one attached hydrogen (secondary N) is 1. The van der Waals surface area contributed by atoms with Crippen LogP contribution in [0.5, 0.6) is 0 Å². The summed E-state index contributed by atoms with van der Waals surface area (Å²) in [5.41, 5.74) is 2.28. The molecule has 2 amide bonds. The van der Waals surface area contributed by atoms with Crippen LogP contribution in [0.1, 0.15) is 12.0 Å². The fourth-order valence-corrected chi connectivity index (χ4v) is 3.81. The molecule has 1 atom stereocenters. The second-order valence-electron chi connectivity index (χ2n) is 7.03. The van der Waals surface area contributed by atoms with E-state index in [0.717, 1.165) is 25.3 Å². The summed E-state index contributed by atoms with van der Waals surface area (Å²) in [6, 6.07) is 10.5. The Labute approximate surface area is 152 Å². The summed E-state index contributed by atoms with van der Waals surface area (Å²) in [6.07, 6.45) is 4.04. The summed E-state index contributed by atoms with van der Waals surface area (Å²) < 4.78 is 1.85. The molecule has 2 aliphatic heterocycles. The molecule has 2 aromatic rings. The van der Waals surface area contributed by atoms with Gasteiger partial charge in [-0.05, 0) is 23.8 Å². The first-order valence-corrected chi connectivity index (χ1v) is 8.96. The van der Waals surface area contributed by atoms with Gasteiger partial charge in [0.25, 0.3) is 0 Å². The van der Waals surface area contributed by atoms with Gasteiger partial charge in [0, 0.05) is 52.0 Å². The first-order chi connectivity index (χ1) is 12.6. The summed E-state index contributed by atoms with van der Waals surface area (Å²) in [5.74, 6) is -0.135. The van der Waals surface area contributed by atoms with Gasteiger partial charge in [0.1, 0.15) is 0 Å². The maximum absolute atomic E-state index is 12.2. The van der Waals surface area contributed by atoms with Gasteiger partial charge in [-0.3, -0.25) is 14.5 Å². The minimum absolute atomic E-state index is 0.0348. The third kappa shape index (κ3) is 3.22. The van der Waals surface area contributed by atoms with Gasteiger partial charge < -0.3 is 10.2 Å².